The molecule has 2 rings (SSSR count). The summed E-state index contributed by atoms with van der Waals surface area (Å²) < 4.78 is 21.3. The predicted molar refractivity (Wildman–Crippen MR) is 87.8 cm³/mol. The minimum absolute atomic E-state index is 0.00921. The van der Waals surface area contributed by atoms with Crippen LogP contribution in [0.2, 0.25) is 0 Å². The van der Waals surface area contributed by atoms with Gasteiger partial charge in [0.25, 0.3) is 0 Å². The number of aliphatic hydroxyl groups excluding tert-OH is 1. The van der Waals surface area contributed by atoms with Crippen molar-refractivity contribution in [2.45, 2.75) is 51.1 Å². The highest BCUT2D eigenvalue weighted by atomic mass is 16.6. The molecule has 6 heteroatoms. The maximum atomic E-state index is 11.5. The van der Waals surface area contributed by atoms with Crippen molar-refractivity contribution in [2.24, 2.45) is 0 Å². The zero-order valence-electron chi connectivity index (χ0n) is 14.3. The fourth-order valence-corrected chi connectivity index (χ4v) is 2.68. The summed E-state index contributed by atoms with van der Waals surface area (Å²) in [5.41, 5.74) is 1.08. The van der Waals surface area contributed by atoms with Gasteiger partial charge in [0.2, 0.25) is 0 Å². The molecule has 1 saturated heterocycles. The average Bonchev–Trinajstić information content (AvgIpc) is 3.07. The highest BCUT2D eigenvalue weighted by molar-refractivity contribution is 5.75. The topological polar surface area (TPSA) is 74.2 Å². The number of esters is 1. The van der Waals surface area contributed by atoms with Crippen LogP contribution in [-0.4, -0.2) is 49.7 Å². The van der Waals surface area contributed by atoms with Crippen molar-refractivity contribution >= 4 is 5.97 Å². The number of ether oxygens (including phenoxy) is 4. The van der Waals surface area contributed by atoms with Crippen LogP contribution in [0.15, 0.2) is 24.3 Å². The van der Waals surface area contributed by atoms with E-state index in [0.29, 0.717) is 19.6 Å². The normalized spacial score (nSPS) is 21.5. The smallest absolute Gasteiger partial charge is 0.337 e. The first-order valence-electron chi connectivity index (χ1n) is 8.35. The number of rotatable bonds is 9. The molecule has 0 saturated carbocycles. The fraction of sp³-hybridized carbons (Fsp3) is 0.611. The molecule has 0 aliphatic carbocycles. The highest BCUT2D eigenvalue weighted by Gasteiger charge is 2.35. The lowest BCUT2D eigenvalue weighted by atomic mass is 10.1. The van der Waals surface area contributed by atoms with Crippen molar-refractivity contribution in [3.8, 4) is 5.75 Å². The van der Waals surface area contributed by atoms with Gasteiger partial charge >= 0.3 is 5.97 Å². The minimum atomic E-state index is -1.20. The predicted octanol–water partition coefficient (Wildman–Crippen LogP) is 2.07. The van der Waals surface area contributed by atoms with Crippen molar-refractivity contribution < 1.29 is 28.8 Å². The molecule has 0 bridgehead atoms. The van der Waals surface area contributed by atoms with Gasteiger partial charge in [0, 0.05) is 6.61 Å². The number of carbonyl (C=O) groups excluding carboxylic acids is 1. The van der Waals surface area contributed by atoms with E-state index in [1.54, 1.807) is 14.0 Å². The molecule has 0 spiro atoms. The summed E-state index contributed by atoms with van der Waals surface area (Å²) in [5.74, 6) is 0.211. The van der Waals surface area contributed by atoms with Crippen LogP contribution >= 0.6 is 0 Å². The maximum absolute atomic E-state index is 11.5. The Hall–Kier alpha value is -1.63. The van der Waals surface area contributed by atoms with E-state index in [9.17, 15) is 9.90 Å². The second kappa shape index (κ2) is 9.61. The summed E-state index contributed by atoms with van der Waals surface area (Å²) in [4.78, 5) is 11.5. The van der Waals surface area contributed by atoms with Gasteiger partial charge in [-0.3, -0.25) is 0 Å². The molecule has 1 aliphatic heterocycles. The third kappa shape index (κ3) is 5.47. The van der Waals surface area contributed by atoms with Crippen molar-refractivity contribution in [2.75, 3.05) is 20.3 Å². The molecule has 24 heavy (non-hydrogen) atoms. The van der Waals surface area contributed by atoms with Crippen molar-refractivity contribution in [1.82, 2.24) is 0 Å². The molecular formula is C18H26O6. The Kier molecular flexibility index (Phi) is 7.49. The van der Waals surface area contributed by atoms with E-state index in [1.165, 1.54) is 0 Å². The highest BCUT2D eigenvalue weighted by Crippen LogP contribution is 2.25. The number of aliphatic hydroxyl groups is 1. The average molecular weight is 338 g/mol. The van der Waals surface area contributed by atoms with Crippen molar-refractivity contribution in [1.29, 1.82) is 0 Å². The molecule has 6 nitrogen and oxygen atoms in total. The number of hydrogen-bond acceptors (Lipinski definition) is 6. The molecule has 1 aromatic carbocycles. The van der Waals surface area contributed by atoms with Gasteiger partial charge in [-0.25, -0.2) is 4.79 Å². The van der Waals surface area contributed by atoms with Crippen LogP contribution < -0.4 is 4.74 Å². The van der Waals surface area contributed by atoms with Crippen LogP contribution in [0.5, 0.6) is 5.75 Å². The molecule has 1 heterocycles. The summed E-state index contributed by atoms with van der Waals surface area (Å²) in [5, 5.41) is 9.89. The van der Waals surface area contributed by atoms with Crippen LogP contribution in [0.4, 0.5) is 0 Å². The lowest BCUT2D eigenvalue weighted by Gasteiger charge is -2.18. The Bertz CT molecular complexity index is 501. The van der Waals surface area contributed by atoms with E-state index in [0.717, 1.165) is 24.2 Å². The van der Waals surface area contributed by atoms with Gasteiger partial charge in [0.1, 0.15) is 5.75 Å². The van der Waals surface area contributed by atoms with Crippen LogP contribution in [0.3, 0.4) is 0 Å². The van der Waals surface area contributed by atoms with Gasteiger partial charge in [-0.2, -0.15) is 0 Å². The largest absolute Gasteiger partial charge is 0.497 e. The summed E-state index contributed by atoms with van der Waals surface area (Å²) in [6.07, 6.45) is 0.541. The molecule has 1 aliphatic rings. The number of carbonyl (C=O) groups is 1. The quantitative estimate of drug-likeness (QED) is 0.549. The first-order chi connectivity index (χ1) is 11.6. The molecular weight excluding hydrogens is 312 g/mol. The van der Waals surface area contributed by atoms with E-state index in [-0.39, 0.29) is 12.7 Å². The SMILES string of the molecule is CCOC(=O)[C@H](O)[C@@H]1CC[C@H](CCOCc2ccc(OC)cc2)O1. The van der Waals surface area contributed by atoms with Crippen LogP contribution in [0.1, 0.15) is 31.7 Å². The zero-order valence-corrected chi connectivity index (χ0v) is 14.3. The Morgan fingerprint density at radius 2 is 2.08 bits per heavy atom. The Morgan fingerprint density at radius 1 is 1.33 bits per heavy atom. The molecule has 0 radical (unpaired) electrons. The van der Waals surface area contributed by atoms with Gasteiger partial charge in [0.15, 0.2) is 6.10 Å². The first kappa shape index (κ1) is 18.7. The van der Waals surface area contributed by atoms with E-state index in [4.69, 9.17) is 18.9 Å². The molecule has 1 fully saturated rings. The Morgan fingerprint density at radius 3 is 2.75 bits per heavy atom. The Balaban J connectivity index is 1.64. The third-order valence-corrected chi connectivity index (χ3v) is 4.03. The molecule has 1 N–H and O–H groups in total. The molecule has 3 atom stereocenters. The van der Waals surface area contributed by atoms with Gasteiger partial charge in [0.05, 0.1) is 32.5 Å². The molecule has 134 valence electrons. The summed E-state index contributed by atoms with van der Waals surface area (Å²) in [7, 11) is 1.64. The Labute approximate surface area is 142 Å². The number of methoxy groups -OCH3 is 1. The molecule has 0 amide bonds. The summed E-state index contributed by atoms with van der Waals surface area (Å²) in [6.45, 7) is 3.07. The lowest BCUT2D eigenvalue weighted by Crippen LogP contribution is -2.35. The first-order valence-corrected chi connectivity index (χ1v) is 8.35. The fourth-order valence-electron chi connectivity index (χ4n) is 2.68. The van der Waals surface area contributed by atoms with Gasteiger partial charge in [-0.05, 0) is 43.9 Å². The monoisotopic (exact) mass is 338 g/mol. The lowest BCUT2D eigenvalue weighted by molar-refractivity contribution is -0.161. The van der Waals surface area contributed by atoms with Crippen LogP contribution in [-0.2, 0) is 25.6 Å². The van der Waals surface area contributed by atoms with E-state index >= 15 is 0 Å². The maximum Gasteiger partial charge on any atom is 0.337 e. The standard InChI is InChI=1S/C18H26O6/c1-3-23-18(20)17(19)16-9-8-15(24-16)10-11-22-12-13-4-6-14(21-2)7-5-13/h4-7,15-17,19H,3,8-12H2,1-2H3/t15-,16+,17-/m1/s1. The second-order valence-corrected chi connectivity index (χ2v) is 5.76. The van der Waals surface area contributed by atoms with Crippen LogP contribution in [0, 0.1) is 0 Å². The van der Waals surface area contributed by atoms with E-state index < -0.39 is 18.2 Å². The third-order valence-electron chi connectivity index (χ3n) is 4.03. The number of benzene rings is 1. The van der Waals surface area contributed by atoms with E-state index in [1.807, 2.05) is 24.3 Å². The van der Waals surface area contributed by atoms with Crippen LogP contribution in [0.25, 0.3) is 0 Å². The second-order valence-electron chi connectivity index (χ2n) is 5.76. The summed E-state index contributed by atoms with van der Waals surface area (Å²) >= 11 is 0. The molecule has 0 aromatic heterocycles. The molecule has 1 aromatic rings. The van der Waals surface area contributed by atoms with E-state index in [2.05, 4.69) is 0 Å². The van der Waals surface area contributed by atoms with Crippen molar-refractivity contribution in [3.05, 3.63) is 29.8 Å². The van der Waals surface area contributed by atoms with Crippen molar-refractivity contribution in [3.63, 3.8) is 0 Å². The van der Waals surface area contributed by atoms with Gasteiger partial charge in [-0.1, -0.05) is 12.1 Å². The van der Waals surface area contributed by atoms with Gasteiger partial charge in [-0.15, -0.1) is 0 Å². The minimum Gasteiger partial charge on any atom is -0.497 e. The zero-order chi connectivity index (χ0) is 17.4. The summed E-state index contributed by atoms with van der Waals surface area (Å²) in [6, 6.07) is 7.74. The number of hydrogen-bond donors (Lipinski definition) is 1. The van der Waals surface area contributed by atoms with Gasteiger partial charge < -0.3 is 24.1 Å². The molecule has 0 unspecified atom stereocenters.